The molecule has 1 aromatic rings. The number of likely N-dealkylation sites (N-methyl/N-ethyl adjacent to an activating group) is 1. The van der Waals surface area contributed by atoms with Crippen molar-refractivity contribution < 1.29 is 9.90 Å². The van der Waals surface area contributed by atoms with E-state index in [1.54, 1.807) is 0 Å². The highest BCUT2D eigenvalue weighted by Crippen LogP contribution is 2.48. The van der Waals surface area contributed by atoms with Gasteiger partial charge in [0.05, 0.1) is 0 Å². The van der Waals surface area contributed by atoms with Crippen LogP contribution in [-0.2, 0) is 10.4 Å². The summed E-state index contributed by atoms with van der Waals surface area (Å²) in [7, 11) is 1.98. The Morgan fingerprint density at radius 2 is 2.19 bits per heavy atom. The number of anilines is 1. The van der Waals surface area contributed by atoms with Crippen LogP contribution in [0.25, 0.3) is 0 Å². The van der Waals surface area contributed by atoms with Crippen LogP contribution in [0.1, 0.15) is 44.6 Å². The minimum absolute atomic E-state index is 0.166. The Labute approximate surface area is 126 Å². The molecule has 4 nitrogen and oxygen atoms in total. The first-order valence-electron chi connectivity index (χ1n) is 7.94. The fourth-order valence-electron chi connectivity index (χ4n) is 3.84. The number of carbonyl (C=O) groups excluding carboxylic acids is 1. The number of benzene rings is 1. The van der Waals surface area contributed by atoms with Gasteiger partial charge in [-0.15, -0.1) is 0 Å². The van der Waals surface area contributed by atoms with Crippen molar-refractivity contribution in [3.8, 4) is 0 Å². The summed E-state index contributed by atoms with van der Waals surface area (Å²) in [6, 6.07) is 7.97. The number of rotatable bonds is 3. The fraction of sp³-hybridized carbons (Fsp3) is 0.588. The van der Waals surface area contributed by atoms with E-state index in [9.17, 15) is 9.90 Å². The molecule has 0 radical (unpaired) electrons. The maximum Gasteiger partial charge on any atom is 0.224 e. The molecule has 1 saturated heterocycles. The summed E-state index contributed by atoms with van der Waals surface area (Å²) < 4.78 is 0. The summed E-state index contributed by atoms with van der Waals surface area (Å²) in [5.41, 5.74) is 1.08. The summed E-state index contributed by atoms with van der Waals surface area (Å²) in [5, 5.41) is 11.2. The minimum atomic E-state index is -0.925. The molecule has 2 aliphatic rings. The van der Waals surface area contributed by atoms with Gasteiger partial charge in [0.25, 0.3) is 0 Å². The molecule has 2 aliphatic heterocycles. The predicted molar refractivity (Wildman–Crippen MR) is 83.0 cm³/mol. The number of nitrogens with zero attached hydrogens (tertiary/aromatic N) is 2. The first-order valence-corrected chi connectivity index (χ1v) is 7.94. The fourth-order valence-corrected chi connectivity index (χ4v) is 3.84. The number of amides is 1. The van der Waals surface area contributed by atoms with Gasteiger partial charge in [-0.1, -0.05) is 31.5 Å². The molecule has 21 heavy (non-hydrogen) atoms. The lowest BCUT2D eigenvalue weighted by Gasteiger charge is -2.45. The number of hydrogen-bond acceptors (Lipinski definition) is 3. The van der Waals surface area contributed by atoms with Gasteiger partial charge in [-0.2, -0.15) is 0 Å². The minimum Gasteiger partial charge on any atom is -0.381 e. The smallest absolute Gasteiger partial charge is 0.224 e. The highest BCUT2D eigenvalue weighted by molar-refractivity contribution is 5.78. The average Bonchev–Trinajstić information content (AvgIpc) is 2.74. The molecule has 1 fully saturated rings. The molecule has 0 spiro atoms. The zero-order valence-electron chi connectivity index (χ0n) is 12.9. The van der Waals surface area contributed by atoms with Gasteiger partial charge in [-0.05, 0) is 25.3 Å². The molecule has 2 heterocycles. The van der Waals surface area contributed by atoms with E-state index in [-0.39, 0.29) is 12.1 Å². The van der Waals surface area contributed by atoms with Crippen molar-refractivity contribution in [3.63, 3.8) is 0 Å². The summed E-state index contributed by atoms with van der Waals surface area (Å²) in [4.78, 5) is 16.5. The Hall–Kier alpha value is -1.55. The maximum atomic E-state index is 12.5. The van der Waals surface area contributed by atoms with Gasteiger partial charge in [0, 0.05) is 31.3 Å². The summed E-state index contributed by atoms with van der Waals surface area (Å²) in [6.07, 6.45) is 3.83. The largest absolute Gasteiger partial charge is 0.381 e. The number of piperidine rings is 1. The zero-order valence-corrected chi connectivity index (χ0v) is 12.9. The molecular formula is C17H24N2O2. The number of para-hydroxylation sites is 1. The second-order valence-electron chi connectivity index (χ2n) is 6.22. The molecule has 114 valence electrons. The third-order valence-corrected chi connectivity index (χ3v) is 4.86. The van der Waals surface area contributed by atoms with Gasteiger partial charge in [0.15, 0.2) is 0 Å². The lowest BCUT2D eigenvalue weighted by Crippen LogP contribution is -2.60. The van der Waals surface area contributed by atoms with E-state index in [2.05, 4.69) is 11.8 Å². The molecular weight excluding hydrogens is 264 g/mol. The van der Waals surface area contributed by atoms with Gasteiger partial charge in [-0.3, -0.25) is 4.79 Å². The van der Waals surface area contributed by atoms with Crippen LogP contribution in [0.2, 0.25) is 0 Å². The number of aliphatic hydroxyl groups is 1. The zero-order chi connectivity index (χ0) is 15.0. The van der Waals surface area contributed by atoms with E-state index in [0.29, 0.717) is 6.42 Å². The van der Waals surface area contributed by atoms with Crippen LogP contribution in [0.15, 0.2) is 24.3 Å². The molecule has 0 aliphatic carbocycles. The quantitative estimate of drug-likeness (QED) is 0.929. The monoisotopic (exact) mass is 288 g/mol. The highest BCUT2D eigenvalue weighted by atomic mass is 16.3. The van der Waals surface area contributed by atoms with Gasteiger partial charge in [0.2, 0.25) is 5.91 Å². The molecule has 1 aromatic carbocycles. The lowest BCUT2D eigenvalue weighted by molar-refractivity contribution is -0.146. The van der Waals surface area contributed by atoms with Gasteiger partial charge >= 0.3 is 0 Å². The van der Waals surface area contributed by atoms with Crippen molar-refractivity contribution >= 4 is 11.6 Å². The van der Waals surface area contributed by atoms with Crippen LogP contribution < -0.4 is 4.90 Å². The molecule has 2 unspecified atom stereocenters. The number of likely N-dealkylation sites (tertiary alicyclic amines) is 1. The molecule has 1 N–H and O–H groups in total. The molecule has 0 saturated carbocycles. The Kier molecular flexibility index (Phi) is 3.66. The number of fused-ring (bicyclic) bond motifs is 3. The molecule has 3 rings (SSSR count). The van der Waals surface area contributed by atoms with Crippen molar-refractivity contribution in [1.82, 2.24) is 4.90 Å². The number of hydrogen-bond donors (Lipinski definition) is 1. The molecule has 0 aromatic heterocycles. The predicted octanol–water partition coefficient (Wildman–Crippen LogP) is 2.46. The third-order valence-electron chi connectivity index (χ3n) is 4.86. The Morgan fingerprint density at radius 1 is 1.43 bits per heavy atom. The molecule has 4 heteroatoms. The number of unbranched alkanes of at least 4 members (excludes halogenated alkanes) is 1. The van der Waals surface area contributed by atoms with E-state index in [4.69, 9.17) is 0 Å². The van der Waals surface area contributed by atoms with E-state index < -0.39 is 5.60 Å². The summed E-state index contributed by atoms with van der Waals surface area (Å²) in [5.74, 6) is 0.166. The van der Waals surface area contributed by atoms with Crippen LogP contribution >= 0.6 is 0 Å². The summed E-state index contributed by atoms with van der Waals surface area (Å²) in [6.45, 7) is 2.84. The van der Waals surface area contributed by atoms with Crippen LogP contribution in [-0.4, -0.2) is 35.7 Å². The van der Waals surface area contributed by atoms with Gasteiger partial charge in [-0.25, -0.2) is 0 Å². The van der Waals surface area contributed by atoms with Crippen molar-refractivity contribution in [1.29, 1.82) is 0 Å². The van der Waals surface area contributed by atoms with Crippen molar-refractivity contribution in [2.45, 2.75) is 50.8 Å². The van der Waals surface area contributed by atoms with Gasteiger partial charge < -0.3 is 14.9 Å². The van der Waals surface area contributed by atoms with Crippen molar-refractivity contribution in [3.05, 3.63) is 29.8 Å². The van der Waals surface area contributed by atoms with Crippen LogP contribution in [0, 0.1) is 0 Å². The Bertz CT molecular complexity index is 545. The topological polar surface area (TPSA) is 43.8 Å². The normalized spacial score (nSPS) is 27.5. The highest BCUT2D eigenvalue weighted by Gasteiger charge is 2.54. The van der Waals surface area contributed by atoms with Crippen LogP contribution in [0.4, 0.5) is 5.69 Å². The molecule has 2 atom stereocenters. The van der Waals surface area contributed by atoms with E-state index in [1.807, 2.05) is 36.2 Å². The first-order chi connectivity index (χ1) is 10.1. The second-order valence-corrected chi connectivity index (χ2v) is 6.22. The standard InChI is InChI=1S/C17H24N2O2/c1-3-4-10-15(20)19-12-7-11-17(21)13-8-5-6-9-14(13)18(2)16(17)19/h5-6,8-9,16,21H,3-4,7,10-12H2,1-2H3. The van der Waals surface area contributed by atoms with E-state index >= 15 is 0 Å². The maximum absolute atomic E-state index is 12.5. The van der Waals surface area contributed by atoms with Gasteiger partial charge in [0.1, 0.15) is 11.8 Å². The average molecular weight is 288 g/mol. The van der Waals surface area contributed by atoms with E-state index in [1.165, 1.54) is 0 Å². The number of carbonyl (C=O) groups is 1. The van der Waals surface area contributed by atoms with Crippen molar-refractivity contribution in [2.24, 2.45) is 0 Å². The third kappa shape index (κ3) is 2.13. The summed E-state index contributed by atoms with van der Waals surface area (Å²) >= 11 is 0. The SMILES string of the molecule is CCCCC(=O)N1CCCC2(O)c3ccccc3N(C)C12. The van der Waals surface area contributed by atoms with Crippen LogP contribution in [0.5, 0.6) is 0 Å². The Morgan fingerprint density at radius 3 is 2.95 bits per heavy atom. The van der Waals surface area contributed by atoms with E-state index in [0.717, 1.165) is 43.5 Å². The Balaban J connectivity index is 1.94. The lowest BCUT2D eigenvalue weighted by atomic mass is 9.85. The second kappa shape index (κ2) is 5.34. The van der Waals surface area contributed by atoms with Crippen LogP contribution in [0.3, 0.4) is 0 Å². The van der Waals surface area contributed by atoms with Crippen molar-refractivity contribution in [2.75, 3.05) is 18.5 Å². The molecule has 0 bridgehead atoms. The first kappa shape index (κ1) is 14.4. The molecule has 1 amide bonds.